The van der Waals surface area contributed by atoms with Crippen molar-refractivity contribution in [1.29, 1.82) is 0 Å². The number of hydrogen-bond acceptors (Lipinski definition) is 4. The Hall–Kier alpha value is -3.70. The van der Waals surface area contributed by atoms with E-state index in [9.17, 15) is 15.0 Å². The van der Waals surface area contributed by atoms with Crippen LogP contribution in [0.15, 0.2) is 83.4 Å². The van der Waals surface area contributed by atoms with E-state index in [1.54, 1.807) is 0 Å². The van der Waals surface area contributed by atoms with Crippen LogP contribution in [0, 0.1) is 6.92 Å². The zero-order chi connectivity index (χ0) is 25.1. The number of aryl methyl sites for hydroxylation is 2. The molecular formula is C31H31NO4. The molecule has 2 N–H and O–H groups in total. The number of rotatable bonds is 10. The van der Waals surface area contributed by atoms with Crippen LogP contribution in [-0.4, -0.2) is 21.3 Å². The summed E-state index contributed by atoms with van der Waals surface area (Å²) in [6, 6.07) is 26.6. The monoisotopic (exact) mass is 481 g/mol. The summed E-state index contributed by atoms with van der Waals surface area (Å²) in [6.07, 6.45) is 3.85. The van der Waals surface area contributed by atoms with E-state index in [1.807, 2.05) is 49.4 Å². The van der Waals surface area contributed by atoms with E-state index in [-0.39, 0.29) is 11.8 Å². The summed E-state index contributed by atoms with van der Waals surface area (Å²) in [5, 5.41) is 24.3. The molecule has 1 unspecified atom stereocenters. The minimum Gasteiger partial charge on any atom is -0.481 e. The Morgan fingerprint density at radius 1 is 0.944 bits per heavy atom. The fourth-order valence-electron chi connectivity index (χ4n) is 5.10. The molecular weight excluding hydrogens is 450 g/mol. The lowest BCUT2D eigenvalue weighted by molar-refractivity contribution is -0.137. The van der Waals surface area contributed by atoms with Crippen LogP contribution in [0.2, 0.25) is 0 Å². The van der Waals surface area contributed by atoms with E-state index in [0.29, 0.717) is 17.9 Å². The lowest BCUT2D eigenvalue weighted by Crippen LogP contribution is -2.12. The molecule has 4 aromatic rings. The quantitative estimate of drug-likeness (QED) is 0.258. The highest BCUT2D eigenvalue weighted by atomic mass is 16.5. The Balaban J connectivity index is 1.28. The molecule has 36 heavy (non-hydrogen) atoms. The lowest BCUT2D eigenvalue weighted by atomic mass is 9.90. The average molecular weight is 482 g/mol. The Kier molecular flexibility index (Phi) is 6.75. The lowest BCUT2D eigenvalue weighted by Gasteiger charge is -2.14. The standard InChI is InChI=1S/C31H31NO4/c1-21-29(27(33)9-5-8-22-6-3-2-4-7-22)30(36-32-21)25-12-10-23(11-13-25)24-14-16-26(17-15-24)31(18-19-31)20-28(34)35/h2-4,6-7,10-17,27,33H,5,8-9,18-20H2,1H3,(H,34,35). The van der Waals surface area contributed by atoms with E-state index in [1.165, 1.54) is 5.56 Å². The Labute approximate surface area is 211 Å². The van der Waals surface area contributed by atoms with Gasteiger partial charge in [-0.15, -0.1) is 0 Å². The number of aliphatic carboxylic acids is 1. The topological polar surface area (TPSA) is 83.6 Å². The van der Waals surface area contributed by atoms with Crippen molar-refractivity contribution in [2.75, 3.05) is 0 Å². The fraction of sp³-hybridized carbons (Fsp3) is 0.290. The van der Waals surface area contributed by atoms with E-state index in [4.69, 9.17) is 4.52 Å². The first-order chi connectivity index (χ1) is 17.4. The maximum absolute atomic E-state index is 11.2. The smallest absolute Gasteiger partial charge is 0.304 e. The van der Waals surface area contributed by atoms with Gasteiger partial charge in [0.15, 0.2) is 5.76 Å². The molecule has 5 heteroatoms. The first-order valence-electron chi connectivity index (χ1n) is 12.6. The van der Waals surface area contributed by atoms with Gasteiger partial charge in [0.25, 0.3) is 0 Å². The molecule has 5 rings (SSSR count). The number of carboxylic acid groups (broad SMARTS) is 1. The average Bonchev–Trinajstić information content (AvgIpc) is 3.56. The van der Waals surface area contributed by atoms with E-state index < -0.39 is 12.1 Å². The van der Waals surface area contributed by atoms with Crippen molar-refractivity contribution < 1.29 is 19.5 Å². The van der Waals surface area contributed by atoms with Crippen molar-refractivity contribution in [3.8, 4) is 22.5 Å². The third-order valence-corrected chi connectivity index (χ3v) is 7.35. The second-order valence-corrected chi connectivity index (χ2v) is 9.91. The van der Waals surface area contributed by atoms with Crippen LogP contribution in [0.3, 0.4) is 0 Å². The van der Waals surface area contributed by atoms with Gasteiger partial charge in [0.2, 0.25) is 0 Å². The number of carboxylic acids is 1. The van der Waals surface area contributed by atoms with Gasteiger partial charge in [0.1, 0.15) is 0 Å². The summed E-state index contributed by atoms with van der Waals surface area (Å²) in [4.78, 5) is 11.2. The van der Waals surface area contributed by atoms with Gasteiger partial charge in [-0.3, -0.25) is 4.79 Å². The summed E-state index contributed by atoms with van der Waals surface area (Å²) >= 11 is 0. The van der Waals surface area contributed by atoms with Crippen LogP contribution in [-0.2, 0) is 16.6 Å². The number of nitrogens with zero attached hydrogens (tertiary/aromatic N) is 1. The molecule has 0 bridgehead atoms. The number of carbonyl (C=O) groups is 1. The molecule has 5 nitrogen and oxygen atoms in total. The zero-order valence-corrected chi connectivity index (χ0v) is 20.5. The largest absolute Gasteiger partial charge is 0.481 e. The third kappa shape index (κ3) is 5.12. The second kappa shape index (κ2) is 10.1. The van der Waals surface area contributed by atoms with Crippen LogP contribution < -0.4 is 0 Å². The minimum atomic E-state index is -0.740. The molecule has 1 aliphatic carbocycles. The molecule has 3 aromatic carbocycles. The van der Waals surface area contributed by atoms with Crippen molar-refractivity contribution in [2.45, 2.75) is 57.0 Å². The van der Waals surface area contributed by atoms with Crippen LogP contribution in [0.4, 0.5) is 0 Å². The predicted molar refractivity (Wildman–Crippen MR) is 140 cm³/mol. The van der Waals surface area contributed by atoms with Gasteiger partial charge in [-0.1, -0.05) is 84.0 Å². The number of aliphatic hydroxyl groups is 1. The van der Waals surface area contributed by atoms with Gasteiger partial charge in [-0.25, -0.2) is 0 Å². The third-order valence-electron chi connectivity index (χ3n) is 7.35. The fourth-order valence-corrected chi connectivity index (χ4v) is 5.10. The number of hydrogen-bond donors (Lipinski definition) is 2. The van der Waals surface area contributed by atoms with Gasteiger partial charge in [0.05, 0.1) is 23.8 Å². The van der Waals surface area contributed by atoms with Crippen molar-refractivity contribution in [1.82, 2.24) is 5.16 Å². The highest BCUT2D eigenvalue weighted by Crippen LogP contribution is 2.51. The predicted octanol–water partition coefficient (Wildman–Crippen LogP) is 6.88. The molecule has 0 amide bonds. The van der Waals surface area contributed by atoms with Crippen molar-refractivity contribution in [3.63, 3.8) is 0 Å². The Morgan fingerprint density at radius 2 is 1.56 bits per heavy atom. The molecule has 0 aliphatic heterocycles. The Bertz CT molecular complexity index is 1320. The van der Waals surface area contributed by atoms with Crippen molar-refractivity contribution in [3.05, 3.63) is 101 Å². The highest BCUT2D eigenvalue weighted by Gasteiger charge is 2.45. The second-order valence-electron chi connectivity index (χ2n) is 9.91. The van der Waals surface area contributed by atoms with Gasteiger partial charge >= 0.3 is 5.97 Å². The van der Waals surface area contributed by atoms with Gasteiger partial charge in [0, 0.05) is 11.0 Å². The molecule has 0 spiro atoms. The summed E-state index contributed by atoms with van der Waals surface area (Å²) in [7, 11) is 0. The first-order valence-corrected chi connectivity index (χ1v) is 12.6. The molecule has 0 saturated heterocycles. The van der Waals surface area contributed by atoms with E-state index in [2.05, 4.69) is 41.6 Å². The first kappa shape index (κ1) is 24.0. The van der Waals surface area contributed by atoms with Gasteiger partial charge < -0.3 is 14.7 Å². The van der Waals surface area contributed by atoms with Crippen LogP contribution >= 0.6 is 0 Å². The normalized spacial score (nSPS) is 14.9. The summed E-state index contributed by atoms with van der Waals surface area (Å²) in [6.45, 7) is 1.87. The molecule has 0 radical (unpaired) electrons. The number of benzene rings is 3. The number of aromatic nitrogens is 1. The molecule has 1 fully saturated rings. The van der Waals surface area contributed by atoms with Crippen molar-refractivity contribution in [2.24, 2.45) is 0 Å². The summed E-state index contributed by atoms with van der Waals surface area (Å²) < 4.78 is 5.65. The van der Waals surface area contributed by atoms with E-state index >= 15 is 0 Å². The van der Waals surface area contributed by atoms with Crippen LogP contribution in [0.1, 0.15) is 60.6 Å². The van der Waals surface area contributed by atoms with Crippen LogP contribution in [0.25, 0.3) is 22.5 Å². The van der Waals surface area contributed by atoms with Gasteiger partial charge in [-0.05, 0) is 61.3 Å². The minimum absolute atomic E-state index is 0.184. The molecule has 1 heterocycles. The molecule has 1 atom stereocenters. The molecule has 1 saturated carbocycles. The molecule has 1 aromatic heterocycles. The van der Waals surface area contributed by atoms with Gasteiger partial charge in [-0.2, -0.15) is 0 Å². The highest BCUT2D eigenvalue weighted by molar-refractivity contribution is 5.72. The Morgan fingerprint density at radius 3 is 2.17 bits per heavy atom. The molecule has 1 aliphatic rings. The zero-order valence-electron chi connectivity index (χ0n) is 20.5. The molecule has 184 valence electrons. The number of aliphatic hydroxyl groups excluding tert-OH is 1. The SMILES string of the molecule is Cc1noc(-c2ccc(-c3ccc(C4(CC(=O)O)CC4)cc3)cc2)c1C(O)CCCc1ccccc1. The summed E-state index contributed by atoms with van der Waals surface area (Å²) in [5.74, 6) is -0.124. The maximum Gasteiger partial charge on any atom is 0.304 e. The van der Waals surface area contributed by atoms with Crippen molar-refractivity contribution >= 4 is 5.97 Å². The van der Waals surface area contributed by atoms with E-state index in [0.717, 1.165) is 53.5 Å². The maximum atomic E-state index is 11.2. The van der Waals surface area contributed by atoms with Crippen LogP contribution in [0.5, 0.6) is 0 Å². The summed E-state index contributed by atoms with van der Waals surface area (Å²) in [5.41, 5.74) is 6.68.